The summed E-state index contributed by atoms with van der Waals surface area (Å²) >= 11 is 0. The van der Waals surface area contributed by atoms with E-state index in [0.29, 0.717) is 13.2 Å². The fourth-order valence-corrected chi connectivity index (χ4v) is 5.25. The predicted octanol–water partition coefficient (Wildman–Crippen LogP) is 4.99. The minimum absolute atomic E-state index is 0.220. The van der Waals surface area contributed by atoms with Crippen molar-refractivity contribution in [3.8, 4) is 5.75 Å². The molecule has 14 heteroatoms. The van der Waals surface area contributed by atoms with Crippen molar-refractivity contribution < 1.29 is 53.9 Å². The predicted molar refractivity (Wildman–Crippen MR) is 126 cm³/mol. The van der Waals surface area contributed by atoms with E-state index in [1.165, 1.54) is 17.0 Å². The van der Waals surface area contributed by atoms with E-state index in [1.807, 2.05) is 42.5 Å². The number of halogens is 6. The number of hydrogen-bond acceptors (Lipinski definition) is 6. The molecule has 0 aliphatic rings. The molecule has 3 aromatic carbocycles. The third-order valence-electron chi connectivity index (χ3n) is 4.61. The Morgan fingerprint density at radius 2 is 1.32 bits per heavy atom. The molecule has 0 spiro atoms. The van der Waals surface area contributed by atoms with Crippen molar-refractivity contribution in [3.63, 3.8) is 0 Å². The van der Waals surface area contributed by atoms with E-state index < -0.39 is 27.7 Å². The number of methoxy groups -OCH3 is 1. The largest absolute Gasteiger partial charge is 0.743 e. The maximum Gasteiger partial charge on any atom is 0.421 e. The second kappa shape index (κ2) is 13.3. The summed E-state index contributed by atoms with van der Waals surface area (Å²) in [5.74, 6) is 0.596. The maximum atomic E-state index is 13.3. The van der Waals surface area contributed by atoms with Gasteiger partial charge in [0.2, 0.25) is 6.10 Å². The molecule has 0 fully saturated rings. The van der Waals surface area contributed by atoms with Crippen molar-refractivity contribution in [2.45, 2.75) is 32.2 Å². The van der Waals surface area contributed by atoms with Crippen molar-refractivity contribution in [1.82, 2.24) is 0 Å². The van der Waals surface area contributed by atoms with Gasteiger partial charge in [-0.25, -0.2) is 12.8 Å². The molecule has 6 nitrogen and oxygen atoms in total. The molecular weight excluding hydrogens is 562 g/mol. The molecule has 2 atom stereocenters. The normalized spacial score (nSPS) is 13.7. The lowest BCUT2D eigenvalue weighted by Crippen LogP contribution is -2.49. The monoisotopic (exact) mass is 584 g/mol. The zero-order chi connectivity index (χ0) is 28.6. The molecule has 208 valence electrons. The first-order valence-electron chi connectivity index (χ1n) is 10.5. The average Bonchev–Trinajstić information content (AvgIpc) is 2.86. The Bertz CT molecular complexity index is 1240. The van der Waals surface area contributed by atoms with Gasteiger partial charge in [-0.05, 0) is 60.7 Å². The standard InChI is InChI=1S/C21H20FO2S.C3H3F5O4S/c1-23-15-16-24-18-9-13-21(14-10-18)25(19-5-3-2-4-6-19)20-11-7-17(22)8-12-20;4-2(5,6)1(9)3(7,8)13(10,11)12/h2-14H,15-16H2,1H3;1,9H,(H,10,11,12)/q+1;/p-1. The van der Waals surface area contributed by atoms with Crippen molar-refractivity contribution >= 4 is 21.0 Å². The quantitative estimate of drug-likeness (QED) is 0.165. The fourth-order valence-electron chi connectivity index (χ4n) is 2.78. The molecule has 1 N–H and O–H groups in total. The van der Waals surface area contributed by atoms with E-state index in [-0.39, 0.29) is 16.7 Å². The van der Waals surface area contributed by atoms with Crippen LogP contribution in [0.5, 0.6) is 5.75 Å². The highest BCUT2D eigenvalue weighted by molar-refractivity contribution is 7.97. The number of aliphatic hydroxyl groups is 1. The maximum absolute atomic E-state index is 13.3. The Kier molecular flexibility index (Phi) is 11.0. The average molecular weight is 585 g/mol. The van der Waals surface area contributed by atoms with Gasteiger partial charge in [0.15, 0.2) is 24.8 Å². The van der Waals surface area contributed by atoms with Crippen LogP contribution in [0.4, 0.5) is 26.3 Å². The number of hydrogen-bond donors (Lipinski definition) is 1. The molecule has 3 rings (SSSR count). The van der Waals surface area contributed by atoms with Gasteiger partial charge in [-0.15, -0.1) is 0 Å². The highest BCUT2D eigenvalue weighted by Crippen LogP contribution is 2.35. The first-order chi connectivity index (χ1) is 17.7. The molecule has 0 saturated carbocycles. The van der Waals surface area contributed by atoms with Crippen molar-refractivity contribution in [1.29, 1.82) is 0 Å². The van der Waals surface area contributed by atoms with E-state index in [0.717, 1.165) is 15.5 Å². The van der Waals surface area contributed by atoms with Crippen molar-refractivity contribution in [2.75, 3.05) is 20.3 Å². The fraction of sp³-hybridized carbons (Fsp3) is 0.250. The number of alkyl halides is 5. The Morgan fingerprint density at radius 3 is 1.74 bits per heavy atom. The van der Waals surface area contributed by atoms with Crippen molar-refractivity contribution in [3.05, 3.63) is 84.7 Å². The van der Waals surface area contributed by atoms with Crippen LogP contribution in [-0.4, -0.2) is 55.9 Å². The first kappa shape index (κ1) is 31.4. The van der Waals surface area contributed by atoms with Gasteiger partial charge in [0.1, 0.15) is 18.2 Å². The van der Waals surface area contributed by atoms with Crippen molar-refractivity contribution in [2.24, 2.45) is 0 Å². The van der Waals surface area contributed by atoms with E-state index in [9.17, 15) is 39.3 Å². The van der Waals surface area contributed by atoms with Crippen LogP contribution in [0.1, 0.15) is 0 Å². The molecule has 0 heterocycles. The SMILES string of the molecule is COCCOc1ccc([S+](c2ccccc2)c2ccc(F)cc2)cc1.O=S(=O)([O-])C(F)(F)C(O)C(F)(F)F. The number of rotatable bonds is 9. The summed E-state index contributed by atoms with van der Waals surface area (Å²) in [6.07, 6.45) is -10.4. The second-order valence-electron chi connectivity index (χ2n) is 7.35. The molecule has 38 heavy (non-hydrogen) atoms. The van der Waals surface area contributed by atoms with Gasteiger partial charge in [0.05, 0.1) is 17.5 Å². The summed E-state index contributed by atoms with van der Waals surface area (Å²) in [6.45, 7) is 1.09. The Labute approximate surface area is 217 Å². The summed E-state index contributed by atoms with van der Waals surface area (Å²) < 4.78 is 111. The highest BCUT2D eigenvalue weighted by Gasteiger charge is 2.59. The first-order valence-corrected chi connectivity index (χ1v) is 13.2. The molecular formula is C24H22F6O6S2. The lowest BCUT2D eigenvalue weighted by molar-refractivity contribution is -0.248. The number of ether oxygens (including phenoxy) is 2. The minimum atomic E-state index is -6.54. The number of benzene rings is 3. The van der Waals surface area contributed by atoms with Crippen LogP contribution in [-0.2, 0) is 25.7 Å². The summed E-state index contributed by atoms with van der Waals surface area (Å²) in [4.78, 5) is 3.44. The molecule has 3 aromatic rings. The van der Waals surface area contributed by atoms with Crippen LogP contribution in [0.25, 0.3) is 0 Å². The van der Waals surface area contributed by atoms with Gasteiger partial charge in [0, 0.05) is 7.11 Å². The minimum Gasteiger partial charge on any atom is -0.743 e. The molecule has 0 radical (unpaired) electrons. The third-order valence-corrected chi connectivity index (χ3v) is 7.73. The summed E-state index contributed by atoms with van der Waals surface area (Å²) in [6, 6.07) is 25.1. The van der Waals surface area contributed by atoms with E-state index in [2.05, 4.69) is 24.3 Å². The Balaban J connectivity index is 0.000000332. The molecule has 0 aliphatic heterocycles. The molecule has 0 aromatic heterocycles. The summed E-state index contributed by atoms with van der Waals surface area (Å²) in [5.41, 5.74) is 0. The summed E-state index contributed by atoms with van der Waals surface area (Å²) in [7, 11) is -5.17. The molecule has 0 aliphatic carbocycles. The van der Waals surface area contributed by atoms with Crippen LogP contribution in [0, 0.1) is 5.82 Å². The Morgan fingerprint density at radius 1 is 0.842 bits per heavy atom. The lowest BCUT2D eigenvalue weighted by Gasteiger charge is -2.26. The third kappa shape index (κ3) is 8.63. The lowest BCUT2D eigenvalue weighted by atomic mass is 10.3. The molecule has 0 bridgehead atoms. The molecule has 2 unspecified atom stereocenters. The van der Waals surface area contributed by atoms with Crippen LogP contribution in [0.2, 0.25) is 0 Å². The zero-order valence-corrected chi connectivity index (χ0v) is 21.2. The van der Waals surface area contributed by atoms with Crippen LogP contribution in [0.3, 0.4) is 0 Å². The van der Waals surface area contributed by atoms with E-state index in [4.69, 9.17) is 14.6 Å². The van der Waals surface area contributed by atoms with Gasteiger partial charge < -0.3 is 19.1 Å². The van der Waals surface area contributed by atoms with Gasteiger partial charge in [0.25, 0.3) is 0 Å². The summed E-state index contributed by atoms with van der Waals surface area (Å²) in [5, 5.41) is 2.02. The van der Waals surface area contributed by atoms with Gasteiger partial charge in [-0.1, -0.05) is 18.2 Å². The highest BCUT2D eigenvalue weighted by atomic mass is 32.2. The van der Waals surface area contributed by atoms with E-state index >= 15 is 0 Å². The molecule has 0 saturated heterocycles. The topological polar surface area (TPSA) is 95.9 Å². The Hall–Kier alpha value is -2.78. The zero-order valence-electron chi connectivity index (χ0n) is 19.6. The van der Waals surface area contributed by atoms with E-state index in [1.54, 1.807) is 7.11 Å². The van der Waals surface area contributed by atoms with Crippen LogP contribution < -0.4 is 4.74 Å². The van der Waals surface area contributed by atoms with Crippen LogP contribution in [0.15, 0.2) is 93.5 Å². The van der Waals surface area contributed by atoms with Gasteiger partial charge in [-0.3, -0.25) is 0 Å². The molecule has 0 amide bonds. The van der Waals surface area contributed by atoms with Crippen LogP contribution >= 0.6 is 0 Å². The smallest absolute Gasteiger partial charge is 0.421 e. The second-order valence-corrected chi connectivity index (χ2v) is 10.8. The van der Waals surface area contributed by atoms with Gasteiger partial charge >= 0.3 is 11.4 Å². The number of aliphatic hydroxyl groups excluding tert-OH is 1. The van der Waals surface area contributed by atoms with Gasteiger partial charge in [-0.2, -0.15) is 22.0 Å².